The summed E-state index contributed by atoms with van der Waals surface area (Å²) in [7, 11) is 0. The van der Waals surface area contributed by atoms with Crippen LogP contribution in [-0.2, 0) is 25.5 Å². The molecule has 3 aromatic carbocycles. The van der Waals surface area contributed by atoms with Gasteiger partial charge in [-0.2, -0.15) is 0 Å². The van der Waals surface area contributed by atoms with Crippen LogP contribution >= 0.6 is 0 Å². The van der Waals surface area contributed by atoms with Crippen molar-refractivity contribution in [3.8, 4) is 0 Å². The van der Waals surface area contributed by atoms with E-state index in [9.17, 15) is 9.59 Å². The van der Waals surface area contributed by atoms with E-state index in [2.05, 4.69) is 17.0 Å². The Morgan fingerprint density at radius 2 is 1.26 bits per heavy atom. The summed E-state index contributed by atoms with van der Waals surface area (Å²) in [6, 6.07) is 29.7. The van der Waals surface area contributed by atoms with Gasteiger partial charge in [0.15, 0.2) is 0 Å². The van der Waals surface area contributed by atoms with Crippen molar-refractivity contribution in [2.75, 3.05) is 29.6 Å². The lowest BCUT2D eigenvalue weighted by molar-refractivity contribution is -0.142. The van der Waals surface area contributed by atoms with Crippen molar-refractivity contribution in [3.05, 3.63) is 108 Å². The molecule has 1 atom stereocenters. The highest BCUT2D eigenvalue weighted by Gasteiger charge is 2.41. The molecule has 0 amide bonds. The van der Waals surface area contributed by atoms with Crippen molar-refractivity contribution < 1.29 is 19.1 Å². The van der Waals surface area contributed by atoms with E-state index in [-0.39, 0.29) is 37.2 Å². The molecule has 0 aromatic heterocycles. The summed E-state index contributed by atoms with van der Waals surface area (Å²) in [5.74, 6) is -1.05. The highest BCUT2D eigenvalue weighted by Crippen LogP contribution is 2.36. The summed E-state index contributed by atoms with van der Waals surface area (Å²) < 4.78 is 10.9. The van der Waals surface area contributed by atoms with Gasteiger partial charge in [-0.3, -0.25) is 0 Å². The first-order chi connectivity index (χ1) is 17.1. The largest absolute Gasteiger partial charge is 0.463 e. The Kier molecular flexibility index (Phi) is 7.83. The molecule has 0 saturated heterocycles. The number of para-hydroxylation sites is 2. The van der Waals surface area contributed by atoms with Crippen molar-refractivity contribution in [2.45, 2.75) is 26.4 Å². The van der Waals surface area contributed by atoms with Gasteiger partial charge in [0.2, 0.25) is 0 Å². The molecule has 1 unspecified atom stereocenters. The third-order valence-corrected chi connectivity index (χ3v) is 5.89. The van der Waals surface area contributed by atoms with Crippen LogP contribution in [0.4, 0.5) is 11.4 Å². The molecule has 0 bridgehead atoms. The van der Waals surface area contributed by atoms with Gasteiger partial charge in [-0.05, 0) is 43.7 Å². The second-order valence-electron chi connectivity index (χ2n) is 8.11. The number of benzene rings is 3. The lowest BCUT2D eigenvalue weighted by Gasteiger charge is -2.47. The maximum Gasteiger partial charge on any atom is 0.355 e. The highest BCUT2D eigenvalue weighted by atomic mass is 16.5. The van der Waals surface area contributed by atoms with Crippen LogP contribution in [0.5, 0.6) is 0 Å². The monoisotopic (exact) mass is 470 g/mol. The van der Waals surface area contributed by atoms with Gasteiger partial charge in [0.25, 0.3) is 0 Å². The van der Waals surface area contributed by atoms with Gasteiger partial charge in [0.05, 0.1) is 25.3 Å². The molecular formula is C29H30N2O4. The molecule has 0 fully saturated rings. The second kappa shape index (κ2) is 11.4. The number of hydrogen-bond acceptors (Lipinski definition) is 6. The molecular weight excluding hydrogens is 440 g/mol. The highest BCUT2D eigenvalue weighted by molar-refractivity contribution is 6.04. The van der Waals surface area contributed by atoms with Crippen LogP contribution in [0, 0.1) is 0 Å². The zero-order valence-electron chi connectivity index (χ0n) is 20.1. The summed E-state index contributed by atoms with van der Waals surface area (Å²) in [6.07, 6.45) is 0.323. The van der Waals surface area contributed by atoms with E-state index in [0.717, 1.165) is 16.9 Å². The minimum atomic E-state index is -0.537. The van der Waals surface area contributed by atoms with Gasteiger partial charge < -0.3 is 19.3 Å². The summed E-state index contributed by atoms with van der Waals surface area (Å²) in [5, 5.41) is 0. The van der Waals surface area contributed by atoms with Gasteiger partial charge in [-0.1, -0.05) is 66.7 Å². The van der Waals surface area contributed by atoms with Crippen molar-refractivity contribution in [1.29, 1.82) is 0 Å². The minimum absolute atomic E-state index is 0.201. The molecule has 35 heavy (non-hydrogen) atoms. The number of nitrogens with zero attached hydrogens (tertiary/aromatic N) is 2. The lowest BCUT2D eigenvalue weighted by Crippen LogP contribution is -2.57. The van der Waals surface area contributed by atoms with Crippen LogP contribution in [0.1, 0.15) is 19.4 Å². The van der Waals surface area contributed by atoms with Crippen LogP contribution in [-0.4, -0.2) is 37.9 Å². The maximum absolute atomic E-state index is 13.4. The van der Waals surface area contributed by atoms with E-state index in [0.29, 0.717) is 6.42 Å². The molecule has 6 heteroatoms. The Balaban J connectivity index is 1.95. The number of rotatable bonds is 8. The number of ether oxygens (including phenoxy) is 2. The first kappa shape index (κ1) is 24.1. The van der Waals surface area contributed by atoms with E-state index in [1.807, 2.05) is 83.8 Å². The number of anilines is 2. The summed E-state index contributed by atoms with van der Waals surface area (Å²) >= 11 is 0. The third kappa shape index (κ3) is 5.38. The van der Waals surface area contributed by atoms with Crippen molar-refractivity contribution in [1.82, 2.24) is 0 Å². The first-order valence-corrected chi connectivity index (χ1v) is 11.9. The topological polar surface area (TPSA) is 59.1 Å². The van der Waals surface area contributed by atoms with Gasteiger partial charge in [-0.25, -0.2) is 9.59 Å². The van der Waals surface area contributed by atoms with E-state index < -0.39 is 11.9 Å². The van der Waals surface area contributed by atoms with E-state index in [1.165, 1.54) is 0 Å². The smallest absolute Gasteiger partial charge is 0.355 e. The number of hydrogen-bond donors (Lipinski definition) is 0. The van der Waals surface area contributed by atoms with Gasteiger partial charge in [0.1, 0.15) is 11.9 Å². The van der Waals surface area contributed by atoms with E-state index in [4.69, 9.17) is 9.47 Å². The van der Waals surface area contributed by atoms with Gasteiger partial charge in [-0.15, -0.1) is 0 Å². The zero-order valence-corrected chi connectivity index (χ0v) is 20.1. The second-order valence-corrected chi connectivity index (χ2v) is 8.11. The molecule has 0 saturated carbocycles. The Hall–Kier alpha value is -4.06. The molecule has 0 spiro atoms. The average molecular weight is 471 g/mol. The molecule has 1 heterocycles. The summed E-state index contributed by atoms with van der Waals surface area (Å²) in [5.41, 5.74) is 3.35. The van der Waals surface area contributed by atoms with Crippen molar-refractivity contribution in [2.24, 2.45) is 0 Å². The van der Waals surface area contributed by atoms with Crippen LogP contribution in [0.25, 0.3) is 0 Å². The van der Waals surface area contributed by atoms with Crippen LogP contribution in [0.3, 0.4) is 0 Å². The standard InChI is InChI=1S/C29H30N2O4/c1-3-34-28(32)25-21-30(23-16-10-6-11-17-23)26(20-22-14-8-5-9-15-22)31(24-18-12-7-13-19-24)27(25)29(33)35-4-2/h5-19,26H,3-4,20-21H2,1-2H3. The minimum Gasteiger partial charge on any atom is -0.463 e. The van der Waals surface area contributed by atoms with Gasteiger partial charge in [0, 0.05) is 17.8 Å². The Morgan fingerprint density at radius 1 is 0.743 bits per heavy atom. The Labute approximate surface area is 206 Å². The maximum atomic E-state index is 13.4. The molecule has 3 aromatic rings. The SMILES string of the molecule is CCOC(=O)C1=C(C(=O)OCC)N(c2ccccc2)C(Cc2ccccc2)N(c2ccccc2)C1. The number of esters is 2. The van der Waals surface area contributed by atoms with E-state index in [1.54, 1.807) is 13.8 Å². The third-order valence-electron chi connectivity index (χ3n) is 5.89. The first-order valence-electron chi connectivity index (χ1n) is 11.9. The van der Waals surface area contributed by atoms with E-state index >= 15 is 0 Å². The lowest BCUT2D eigenvalue weighted by atomic mass is 9.99. The fourth-order valence-corrected chi connectivity index (χ4v) is 4.38. The summed E-state index contributed by atoms with van der Waals surface area (Å²) in [6.45, 7) is 4.15. The normalized spacial score (nSPS) is 15.7. The zero-order chi connectivity index (χ0) is 24.6. The predicted octanol–water partition coefficient (Wildman–Crippen LogP) is 4.96. The molecule has 1 aliphatic rings. The molecule has 0 radical (unpaired) electrons. The fourth-order valence-electron chi connectivity index (χ4n) is 4.38. The molecule has 0 N–H and O–H groups in total. The molecule has 180 valence electrons. The van der Waals surface area contributed by atoms with Crippen molar-refractivity contribution >= 4 is 23.3 Å². The quantitative estimate of drug-likeness (QED) is 0.434. The molecule has 6 nitrogen and oxygen atoms in total. The van der Waals surface area contributed by atoms with Crippen LogP contribution in [0.15, 0.2) is 102 Å². The molecule has 1 aliphatic heterocycles. The molecule has 0 aliphatic carbocycles. The Morgan fingerprint density at radius 3 is 1.83 bits per heavy atom. The predicted molar refractivity (Wildman–Crippen MR) is 137 cm³/mol. The molecule has 4 rings (SSSR count). The van der Waals surface area contributed by atoms with Crippen LogP contribution in [0.2, 0.25) is 0 Å². The Bertz CT molecular complexity index is 1160. The summed E-state index contributed by atoms with van der Waals surface area (Å²) in [4.78, 5) is 30.7. The van der Waals surface area contributed by atoms with Crippen molar-refractivity contribution in [3.63, 3.8) is 0 Å². The number of carbonyl (C=O) groups excluding carboxylic acids is 2. The fraction of sp³-hybridized carbons (Fsp3) is 0.241. The average Bonchev–Trinajstić information content (AvgIpc) is 2.90. The number of carbonyl (C=O) groups is 2. The van der Waals surface area contributed by atoms with Gasteiger partial charge >= 0.3 is 11.9 Å². The van der Waals surface area contributed by atoms with Crippen LogP contribution < -0.4 is 9.80 Å².